The summed E-state index contributed by atoms with van der Waals surface area (Å²) in [6.45, 7) is 0.883. The second-order valence-corrected chi connectivity index (χ2v) is 5.19. The van der Waals surface area contributed by atoms with Crippen molar-refractivity contribution < 1.29 is 19.4 Å². The SMILES string of the molecule is COC(=O)C1(CC2CC2)CCN(C(=O)O)CC1. The van der Waals surface area contributed by atoms with E-state index in [1.807, 2.05) is 0 Å². The van der Waals surface area contributed by atoms with E-state index in [0.717, 1.165) is 6.42 Å². The molecule has 0 aromatic heterocycles. The fourth-order valence-corrected chi connectivity index (χ4v) is 2.71. The van der Waals surface area contributed by atoms with Crippen LogP contribution < -0.4 is 0 Å². The van der Waals surface area contributed by atoms with Crippen molar-refractivity contribution in [2.75, 3.05) is 20.2 Å². The molecular weight excluding hydrogens is 222 g/mol. The van der Waals surface area contributed by atoms with E-state index in [0.29, 0.717) is 31.8 Å². The third kappa shape index (κ3) is 2.53. The van der Waals surface area contributed by atoms with Crippen molar-refractivity contribution >= 4 is 12.1 Å². The van der Waals surface area contributed by atoms with Gasteiger partial charge in [0.2, 0.25) is 0 Å². The van der Waals surface area contributed by atoms with Crippen molar-refractivity contribution in [3.63, 3.8) is 0 Å². The lowest BCUT2D eigenvalue weighted by Crippen LogP contribution is -2.46. The van der Waals surface area contributed by atoms with Crippen LogP contribution >= 0.6 is 0 Å². The molecule has 0 spiro atoms. The molecule has 2 rings (SSSR count). The Balaban J connectivity index is 2.02. The zero-order valence-corrected chi connectivity index (χ0v) is 10.1. The number of piperidine rings is 1. The second-order valence-electron chi connectivity index (χ2n) is 5.19. The molecule has 1 aliphatic carbocycles. The molecular formula is C12H19NO4. The van der Waals surface area contributed by atoms with Crippen LogP contribution in [0.5, 0.6) is 0 Å². The molecule has 1 saturated carbocycles. The van der Waals surface area contributed by atoms with Gasteiger partial charge in [-0.2, -0.15) is 0 Å². The third-order valence-corrected chi connectivity index (χ3v) is 3.99. The molecule has 1 saturated heterocycles. The molecule has 5 heteroatoms. The first-order chi connectivity index (χ1) is 8.07. The van der Waals surface area contributed by atoms with Crippen LogP contribution in [0.4, 0.5) is 4.79 Å². The highest BCUT2D eigenvalue weighted by molar-refractivity contribution is 5.77. The van der Waals surface area contributed by atoms with Gasteiger partial charge in [-0.3, -0.25) is 4.79 Å². The van der Waals surface area contributed by atoms with E-state index in [-0.39, 0.29) is 5.97 Å². The number of nitrogens with zero attached hydrogens (tertiary/aromatic N) is 1. The fourth-order valence-electron chi connectivity index (χ4n) is 2.71. The van der Waals surface area contributed by atoms with Gasteiger partial charge >= 0.3 is 12.1 Å². The molecule has 0 aromatic carbocycles. The first kappa shape index (κ1) is 12.2. The molecule has 5 nitrogen and oxygen atoms in total. The lowest BCUT2D eigenvalue weighted by atomic mass is 9.74. The van der Waals surface area contributed by atoms with E-state index in [9.17, 15) is 9.59 Å². The maximum Gasteiger partial charge on any atom is 0.407 e. The number of rotatable bonds is 3. The number of ether oxygens (including phenoxy) is 1. The molecule has 0 aromatic rings. The maximum atomic E-state index is 11.9. The van der Waals surface area contributed by atoms with Gasteiger partial charge in [-0.05, 0) is 25.2 Å². The topological polar surface area (TPSA) is 66.8 Å². The second kappa shape index (κ2) is 4.55. The number of hydrogen-bond acceptors (Lipinski definition) is 3. The van der Waals surface area contributed by atoms with Crippen molar-refractivity contribution in [3.8, 4) is 0 Å². The van der Waals surface area contributed by atoms with E-state index in [1.165, 1.54) is 24.9 Å². The minimum atomic E-state index is -0.894. The number of amides is 1. The van der Waals surface area contributed by atoms with Crippen molar-refractivity contribution in [2.24, 2.45) is 11.3 Å². The largest absolute Gasteiger partial charge is 0.469 e. The number of methoxy groups -OCH3 is 1. The Kier molecular flexibility index (Phi) is 3.26. The smallest absolute Gasteiger partial charge is 0.407 e. The number of hydrogen-bond donors (Lipinski definition) is 1. The van der Waals surface area contributed by atoms with E-state index in [4.69, 9.17) is 9.84 Å². The van der Waals surface area contributed by atoms with E-state index >= 15 is 0 Å². The zero-order valence-electron chi connectivity index (χ0n) is 10.1. The Morgan fingerprint density at radius 3 is 2.35 bits per heavy atom. The van der Waals surface area contributed by atoms with E-state index in [1.54, 1.807) is 0 Å². The summed E-state index contributed by atoms with van der Waals surface area (Å²) in [5.41, 5.74) is -0.429. The summed E-state index contributed by atoms with van der Waals surface area (Å²) < 4.78 is 4.91. The van der Waals surface area contributed by atoms with Gasteiger partial charge in [0.25, 0.3) is 0 Å². The molecule has 1 aliphatic heterocycles. The normalized spacial score (nSPS) is 23.2. The minimum absolute atomic E-state index is 0.158. The van der Waals surface area contributed by atoms with Crippen LogP contribution in [-0.4, -0.2) is 42.3 Å². The minimum Gasteiger partial charge on any atom is -0.469 e. The fraction of sp³-hybridized carbons (Fsp3) is 0.833. The highest BCUT2D eigenvalue weighted by Gasteiger charge is 2.46. The lowest BCUT2D eigenvalue weighted by Gasteiger charge is -2.38. The van der Waals surface area contributed by atoms with Crippen LogP contribution in [0.2, 0.25) is 0 Å². The Morgan fingerprint density at radius 1 is 1.35 bits per heavy atom. The molecule has 17 heavy (non-hydrogen) atoms. The molecule has 1 amide bonds. The highest BCUT2D eigenvalue weighted by Crippen LogP contribution is 2.46. The van der Waals surface area contributed by atoms with Gasteiger partial charge in [0, 0.05) is 13.1 Å². The van der Waals surface area contributed by atoms with Gasteiger partial charge in [0.05, 0.1) is 12.5 Å². The number of carbonyl (C=O) groups is 2. The van der Waals surface area contributed by atoms with Crippen LogP contribution in [-0.2, 0) is 9.53 Å². The number of carbonyl (C=O) groups excluding carboxylic acids is 1. The third-order valence-electron chi connectivity index (χ3n) is 3.99. The predicted molar refractivity (Wildman–Crippen MR) is 60.6 cm³/mol. The predicted octanol–water partition coefficient (Wildman–Crippen LogP) is 1.72. The van der Waals surface area contributed by atoms with Gasteiger partial charge < -0.3 is 14.7 Å². The van der Waals surface area contributed by atoms with Gasteiger partial charge in [-0.25, -0.2) is 4.79 Å². The molecule has 2 aliphatic rings. The monoisotopic (exact) mass is 241 g/mol. The molecule has 0 bridgehead atoms. The first-order valence-corrected chi connectivity index (χ1v) is 6.14. The van der Waals surface area contributed by atoms with E-state index in [2.05, 4.69) is 0 Å². The van der Waals surface area contributed by atoms with Gasteiger partial charge in [-0.15, -0.1) is 0 Å². The van der Waals surface area contributed by atoms with Crippen LogP contribution in [0.1, 0.15) is 32.1 Å². The van der Waals surface area contributed by atoms with Gasteiger partial charge in [-0.1, -0.05) is 12.8 Å². The quantitative estimate of drug-likeness (QED) is 0.764. The number of esters is 1. The highest BCUT2D eigenvalue weighted by atomic mass is 16.5. The zero-order chi connectivity index (χ0) is 12.5. The number of likely N-dealkylation sites (tertiary alicyclic amines) is 1. The summed E-state index contributed by atoms with van der Waals surface area (Å²) in [7, 11) is 1.42. The molecule has 96 valence electrons. The molecule has 1 heterocycles. The summed E-state index contributed by atoms with van der Waals surface area (Å²) in [4.78, 5) is 24.2. The van der Waals surface area contributed by atoms with E-state index < -0.39 is 11.5 Å². The van der Waals surface area contributed by atoms with Crippen molar-refractivity contribution in [3.05, 3.63) is 0 Å². The Labute approximate surface area is 101 Å². The summed E-state index contributed by atoms with van der Waals surface area (Å²) in [5, 5.41) is 8.91. The van der Waals surface area contributed by atoms with Crippen LogP contribution in [0.3, 0.4) is 0 Å². The molecule has 0 unspecified atom stereocenters. The van der Waals surface area contributed by atoms with Gasteiger partial charge in [0.1, 0.15) is 0 Å². The summed E-state index contributed by atoms with van der Waals surface area (Å²) in [5.74, 6) is 0.486. The standard InChI is InChI=1S/C12H19NO4/c1-17-10(14)12(8-9-2-3-9)4-6-13(7-5-12)11(15)16/h9H,2-8H2,1H3,(H,15,16). The number of carboxylic acid groups (broad SMARTS) is 1. The Morgan fingerprint density at radius 2 is 1.94 bits per heavy atom. The van der Waals surface area contributed by atoms with Gasteiger partial charge in [0.15, 0.2) is 0 Å². The summed E-state index contributed by atoms with van der Waals surface area (Å²) in [6, 6.07) is 0. The average Bonchev–Trinajstić information content (AvgIpc) is 3.12. The lowest BCUT2D eigenvalue weighted by molar-refractivity contribution is -0.156. The maximum absolute atomic E-state index is 11.9. The van der Waals surface area contributed by atoms with Crippen LogP contribution in [0.15, 0.2) is 0 Å². The molecule has 0 radical (unpaired) electrons. The first-order valence-electron chi connectivity index (χ1n) is 6.14. The average molecular weight is 241 g/mol. The molecule has 1 N–H and O–H groups in total. The Hall–Kier alpha value is -1.26. The van der Waals surface area contributed by atoms with Crippen molar-refractivity contribution in [1.82, 2.24) is 4.90 Å². The van der Waals surface area contributed by atoms with Crippen molar-refractivity contribution in [2.45, 2.75) is 32.1 Å². The van der Waals surface area contributed by atoms with Crippen LogP contribution in [0, 0.1) is 11.3 Å². The molecule has 0 atom stereocenters. The van der Waals surface area contributed by atoms with Crippen molar-refractivity contribution in [1.29, 1.82) is 0 Å². The summed E-state index contributed by atoms with van der Waals surface area (Å²) >= 11 is 0. The Bertz CT molecular complexity index is 316. The summed E-state index contributed by atoms with van der Waals surface area (Å²) in [6.07, 6.45) is 3.57. The molecule has 2 fully saturated rings. The van der Waals surface area contributed by atoms with Crippen LogP contribution in [0.25, 0.3) is 0 Å².